The molecule has 1 aliphatic heterocycles. The number of fused-ring (bicyclic) bond motifs is 1. The Bertz CT molecular complexity index is 1240. The normalized spacial score (nSPS) is 14.0. The average Bonchev–Trinajstić information content (AvgIpc) is 2.93. The highest BCUT2D eigenvalue weighted by molar-refractivity contribution is 6.43. The second-order valence-electron chi connectivity index (χ2n) is 9.47. The first-order chi connectivity index (χ1) is 18.9. The van der Waals surface area contributed by atoms with Crippen molar-refractivity contribution in [2.24, 2.45) is 0 Å². The number of carbonyl (C=O) groups is 1. The molecule has 0 radical (unpaired) electrons. The molecule has 210 valence electrons. The molecule has 0 amide bonds. The molecule has 4 rings (SSSR count). The van der Waals surface area contributed by atoms with Crippen LogP contribution in [0.1, 0.15) is 12.8 Å². The molecule has 2 heterocycles. The van der Waals surface area contributed by atoms with E-state index in [0.717, 1.165) is 67.9 Å². The number of ether oxygens (including phenoxy) is 4. The van der Waals surface area contributed by atoms with Crippen molar-refractivity contribution in [1.82, 2.24) is 14.8 Å². The topological polar surface area (TPSA) is 76.6 Å². The Morgan fingerprint density at radius 2 is 1.77 bits per heavy atom. The molecule has 0 atom stereocenters. The van der Waals surface area contributed by atoms with E-state index < -0.39 is 6.16 Å². The minimum Gasteiger partial charge on any atom is -0.494 e. The molecule has 1 aliphatic rings. The van der Waals surface area contributed by atoms with Gasteiger partial charge in [-0.3, -0.25) is 9.80 Å². The second kappa shape index (κ2) is 14.4. The molecule has 39 heavy (non-hydrogen) atoms. The highest BCUT2D eigenvalue weighted by Crippen LogP contribution is 2.33. The van der Waals surface area contributed by atoms with E-state index in [9.17, 15) is 4.79 Å². The Morgan fingerprint density at radius 1 is 0.974 bits per heavy atom. The number of rotatable bonds is 12. The number of carbonyl (C=O) groups excluding carboxylic acids is 1. The highest BCUT2D eigenvalue weighted by atomic mass is 35.5. The van der Waals surface area contributed by atoms with E-state index in [1.54, 1.807) is 25.1 Å². The van der Waals surface area contributed by atoms with E-state index in [0.29, 0.717) is 22.5 Å². The Morgan fingerprint density at radius 3 is 2.56 bits per heavy atom. The van der Waals surface area contributed by atoms with Gasteiger partial charge in [-0.15, -0.1) is 0 Å². The smallest absolute Gasteiger partial charge is 0.494 e. The zero-order chi connectivity index (χ0) is 27.6. The maximum Gasteiger partial charge on any atom is 0.512 e. The first kappa shape index (κ1) is 29.0. The maximum absolute atomic E-state index is 11.5. The summed E-state index contributed by atoms with van der Waals surface area (Å²) in [5.74, 6) is 1.10. The summed E-state index contributed by atoms with van der Waals surface area (Å²) in [5.41, 5.74) is 1.74. The largest absolute Gasteiger partial charge is 0.512 e. The van der Waals surface area contributed by atoms with Crippen LogP contribution in [-0.2, 0) is 9.47 Å². The minimum atomic E-state index is -0.801. The summed E-state index contributed by atoms with van der Waals surface area (Å²) in [6.45, 7) is 5.35. The summed E-state index contributed by atoms with van der Waals surface area (Å²) < 4.78 is 21.2. The lowest BCUT2D eigenvalue weighted by molar-refractivity contribution is -0.0131. The van der Waals surface area contributed by atoms with E-state index in [1.165, 1.54) is 0 Å². The van der Waals surface area contributed by atoms with E-state index in [-0.39, 0.29) is 13.5 Å². The van der Waals surface area contributed by atoms with Gasteiger partial charge in [0.05, 0.1) is 27.9 Å². The van der Waals surface area contributed by atoms with Crippen LogP contribution in [0.4, 0.5) is 10.5 Å². The third kappa shape index (κ3) is 8.76. The van der Waals surface area contributed by atoms with E-state index in [2.05, 4.69) is 14.8 Å². The number of halogens is 2. The number of pyridine rings is 1. The van der Waals surface area contributed by atoms with Gasteiger partial charge < -0.3 is 23.8 Å². The third-order valence-corrected chi connectivity index (χ3v) is 7.05. The van der Waals surface area contributed by atoms with Crippen LogP contribution < -0.4 is 14.4 Å². The lowest BCUT2D eigenvalue weighted by Crippen LogP contribution is -2.46. The number of unbranched alkanes of at least 4 members (excludes halogenated alkanes) is 1. The zero-order valence-corrected chi connectivity index (χ0v) is 23.8. The summed E-state index contributed by atoms with van der Waals surface area (Å²) in [6.07, 6.45) is 1.21. The van der Waals surface area contributed by atoms with Crippen molar-refractivity contribution >= 4 is 45.9 Å². The number of nitrogens with zero attached hydrogens (tertiary/aromatic N) is 4. The van der Waals surface area contributed by atoms with E-state index in [1.807, 2.05) is 42.5 Å². The van der Waals surface area contributed by atoms with Crippen molar-refractivity contribution in [3.63, 3.8) is 0 Å². The van der Waals surface area contributed by atoms with Crippen molar-refractivity contribution in [3.05, 3.63) is 58.6 Å². The quantitative estimate of drug-likeness (QED) is 0.157. The standard InChI is InChI=1S/C28H34Cl2N4O5/c1-32(2)19-37-28(35)39-20-38-26-11-9-21-8-10-22(18-24(21)31-26)36-17-4-3-12-33-13-15-34(16-14-33)25-7-5-6-23(29)27(25)30/h5-11,18H,3-4,12-17,19-20H2,1-2H3. The van der Waals surface area contributed by atoms with Gasteiger partial charge in [0.1, 0.15) is 12.5 Å². The van der Waals surface area contributed by atoms with Gasteiger partial charge >= 0.3 is 6.16 Å². The van der Waals surface area contributed by atoms with Crippen molar-refractivity contribution in [2.75, 3.05) is 71.8 Å². The van der Waals surface area contributed by atoms with Gasteiger partial charge in [-0.1, -0.05) is 29.3 Å². The molecule has 0 N–H and O–H groups in total. The average molecular weight is 578 g/mol. The Hall–Kier alpha value is -2.98. The Labute approximate surface area is 239 Å². The van der Waals surface area contributed by atoms with Crippen molar-refractivity contribution in [1.29, 1.82) is 0 Å². The molecule has 2 aromatic carbocycles. The minimum absolute atomic E-state index is 0.132. The molecule has 0 spiro atoms. The van der Waals surface area contributed by atoms with Crippen LogP contribution in [0.15, 0.2) is 48.5 Å². The Kier molecular flexibility index (Phi) is 10.7. The monoisotopic (exact) mass is 576 g/mol. The number of benzene rings is 2. The number of hydrogen-bond donors (Lipinski definition) is 0. The highest BCUT2D eigenvalue weighted by Gasteiger charge is 2.19. The molecule has 1 aromatic heterocycles. The van der Waals surface area contributed by atoms with Crippen LogP contribution in [0.5, 0.6) is 11.6 Å². The van der Waals surface area contributed by atoms with Gasteiger partial charge in [0.2, 0.25) is 12.7 Å². The molecule has 1 fully saturated rings. The van der Waals surface area contributed by atoms with Gasteiger partial charge in [-0.25, -0.2) is 9.78 Å². The van der Waals surface area contributed by atoms with Crippen LogP contribution in [0.25, 0.3) is 10.9 Å². The van der Waals surface area contributed by atoms with Crippen LogP contribution in [0.2, 0.25) is 10.0 Å². The zero-order valence-electron chi connectivity index (χ0n) is 22.3. The predicted octanol–water partition coefficient (Wildman–Crippen LogP) is 5.53. The lowest BCUT2D eigenvalue weighted by atomic mass is 10.2. The molecule has 3 aromatic rings. The summed E-state index contributed by atoms with van der Waals surface area (Å²) in [7, 11) is 3.56. The van der Waals surface area contributed by atoms with Gasteiger partial charge in [0.15, 0.2) is 0 Å². The number of aromatic nitrogens is 1. The molecule has 0 saturated carbocycles. The SMILES string of the molecule is CN(C)COC(=O)OCOc1ccc2ccc(OCCCCN3CCN(c4cccc(Cl)c4Cl)CC3)cc2n1. The maximum atomic E-state index is 11.5. The predicted molar refractivity (Wildman–Crippen MR) is 153 cm³/mol. The summed E-state index contributed by atoms with van der Waals surface area (Å²) >= 11 is 12.6. The molecule has 0 unspecified atom stereocenters. The lowest BCUT2D eigenvalue weighted by Gasteiger charge is -2.36. The molecular formula is C28H34Cl2N4O5. The van der Waals surface area contributed by atoms with Crippen molar-refractivity contribution < 1.29 is 23.7 Å². The van der Waals surface area contributed by atoms with Crippen LogP contribution in [0.3, 0.4) is 0 Å². The summed E-state index contributed by atoms with van der Waals surface area (Å²) in [4.78, 5) is 22.5. The number of hydrogen-bond acceptors (Lipinski definition) is 9. The molecule has 0 aliphatic carbocycles. The second-order valence-corrected chi connectivity index (χ2v) is 10.3. The van der Waals surface area contributed by atoms with E-state index in [4.69, 9.17) is 42.1 Å². The first-order valence-corrected chi connectivity index (χ1v) is 13.7. The third-order valence-electron chi connectivity index (χ3n) is 6.24. The van der Waals surface area contributed by atoms with Crippen molar-refractivity contribution in [2.45, 2.75) is 12.8 Å². The van der Waals surface area contributed by atoms with Crippen LogP contribution in [0, 0.1) is 0 Å². The fraction of sp³-hybridized carbons (Fsp3) is 0.429. The number of anilines is 1. The molecular weight excluding hydrogens is 543 g/mol. The summed E-state index contributed by atoms with van der Waals surface area (Å²) in [6, 6.07) is 15.2. The molecule has 11 heteroatoms. The molecule has 0 bridgehead atoms. The molecule has 1 saturated heterocycles. The van der Waals surface area contributed by atoms with Gasteiger partial charge in [-0.2, -0.15) is 0 Å². The van der Waals surface area contributed by atoms with Gasteiger partial charge in [-0.05, 0) is 63.8 Å². The van der Waals surface area contributed by atoms with Gasteiger partial charge in [0, 0.05) is 43.7 Å². The fourth-order valence-corrected chi connectivity index (χ4v) is 4.60. The van der Waals surface area contributed by atoms with Gasteiger partial charge in [0.25, 0.3) is 0 Å². The summed E-state index contributed by atoms with van der Waals surface area (Å²) in [5, 5.41) is 2.18. The number of piperazine rings is 1. The van der Waals surface area contributed by atoms with Crippen molar-refractivity contribution in [3.8, 4) is 11.6 Å². The van der Waals surface area contributed by atoms with Crippen LogP contribution >= 0.6 is 23.2 Å². The molecule has 9 nitrogen and oxygen atoms in total. The van der Waals surface area contributed by atoms with Crippen LogP contribution in [-0.4, -0.2) is 87.9 Å². The first-order valence-electron chi connectivity index (χ1n) is 12.9. The van der Waals surface area contributed by atoms with E-state index >= 15 is 0 Å². The fourth-order valence-electron chi connectivity index (χ4n) is 4.19. The Balaban J connectivity index is 1.15.